The molecule has 0 amide bonds. The van der Waals surface area contributed by atoms with E-state index < -0.39 is 0 Å². The summed E-state index contributed by atoms with van der Waals surface area (Å²) in [6.07, 6.45) is 2.21. The number of rotatable bonds is 1. The number of benzene rings is 1. The number of hydrogen-bond donors (Lipinski definition) is 2. The summed E-state index contributed by atoms with van der Waals surface area (Å²) < 4.78 is 6.70. The second-order valence-corrected chi connectivity index (χ2v) is 4.60. The lowest BCUT2D eigenvalue weighted by atomic mass is 10.1. The summed E-state index contributed by atoms with van der Waals surface area (Å²) in [7, 11) is 0. The molecule has 1 aliphatic rings. The maximum Gasteiger partial charge on any atom is 0.0988 e. The largest absolute Gasteiger partial charge is 0.361 e. The molecule has 3 rings (SSSR count). The standard InChI is InChI=1S/C11H11BrN2O/c12-7-1-2-10-8(3-7)9(4-14-10)11-5-13-6-15-11/h1-4,11,13-14H,5-6H2. The van der Waals surface area contributed by atoms with Gasteiger partial charge in [0.25, 0.3) is 0 Å². The van der Waals surface area contributed by atoms with Crippen LogP contribution in [0.25, 0.3) is 10.9 Å². The Hall–Kier alpha value is -0.840. The summed E-state index contributed by atoms with van der Waals surface area (Å²) >= 11 is 3.49. The van der Waals surface area contributed by atoms with Crippen molar-refractivity contribution < 1.29 is 4.74 Å². The van der Waals surface area contributed by atoms with Crippen molar-refractivity contribution >= 4 is 26.8 Å². The van der Waals surface area contributed by atoms with Crippen LogP contribution in [0.5, 0.6) is 0 Å². The highest BCUT2D eigenvalue weighted by Crippen LogP contribution is 2.29. The molecule has 1 unspecified atom stereocenters. The van der Waals surface area contributed by atoms with Gasteiger partial charge in [-0.1, -0.05) is 15.9 Å². The second kappa shape index (κ2) is 3.63. The molecule has 1 saturated heterocycles. The van der Waals surface area contributed by atoms with E-state index in [-0.39, 0.29) is 6.10 Å². The van der Waals surface area contributed by atoms with Crippen molar-refractivity contribution in [2.45, 2.75) is 6.10 Å². The zero-order valence-electron chi connectivity index (χ0n) is 8.09. The lowest BCUT2D eigenvalue weighted by molar-refractivity contribution is 0.115. The molecule has 3 nitrogen and oxygen atoms in total. The molecule has 1 atom stereocenters. The number of nitrogens with one attached hydrogen (secondary N) is 2. The van der Waals surface area contributed by atoms with Crippen LogP contribution in [-0.2, 0) is 4.74 Å². The number of fused-ring (bicyclic) bond motifs is 1. The van der Waals surface area contributed by atoms with E-state index in [2.05, 4.69) is 38.4 Å². The predicted molar refractivity (Wildman–Crippen MR) is 62.7 cm³/mol. The van der Waals surface area contributed by atoms with E-state index in [1.54, 1.807) is 0 Å². The maximum absolute atomic E-state index is 5.60. The molecule has 1 aromatic heterocycles. The number of aromatic nitrogens is 1. The van der Waals surface area contributed by atoms with E-state index in [1.807, 2.05) is 12.3 Å². The van der Waals surface area contributed by atoms with Crippen LogP contribution >= 0.6 is 15.9 Å². The highest BCUT2D eigenvalue weighted by atomic mass is 79.9. The van der Waals surface area contributed by atoms with Crippen LogP contribution in [0.4, 0.5) is 0 Å². The van der Waals surface area contributed by atoms with Crippen molar-refractivity contribution in [2.75, 3.05) is 13.3 Å². The van der Waals surface area contributed by atoms with Gasteiger partial charge in [-0.3, -0.25) is 5.32 Å². The monoisotopic (exact) mass is 266 g/mol. The molecule has 0 bridgehead atoms. The molecule has 1 fully saturated rings. The summed E-state index contributed by atoms with van der Waals surface area (Å²) in [5, 5.41) is 4.43. The third-order valence-electron chi connectivity index (χ3n) is 2.74. The Morgan fingerprint density at radius 2 is 2.33 bits per heavy atom. The van der Waals surface area contributed by atoms with Gasteiger partial charge in [0, 0.05) is 33.7 Å². The van der Waals surface area contributed by atoms with Crippen LogP contribution < -0.4 is 5.32 Å². The van der Waals surface area contributed by atoms with Gasteiger partial charge >= 0.3 is 0 Å². The first-order valence-corrected chi connectivity index (χ1v) is 5.73. The van der Waals surface area contributed by atoms with Gasteiger partial charge in [0.1, 0.15) is 0 Å². The summed E-state index contributed by atoms with van der Waals surface area (Å²) in [6.45, 7) is 1.53. The number of ether oxygens (including phenoxy) is 1. The molecular formula is C11H11BrN2O. The first-order chi connectivity index (χ1) is 7.34. The molecular weight excluding hydrogens is 256 g/mol. The molecule has 0 aliphatic carbocycles. The molecule has 0 spiro atoms. The van der Waals surface area contributed by atoms with E-state index in [0.717, 1.165) is 16.5 Å². The fourth-order valence-corrected chi connectivity index (χ4v) is 2.35. The molecule has 4 heteroatoms. The lowest BCUT2D eigenvalue weighted by Crippen LogP contribution is -2.07. The minimum atomic E-state index is 0.174. The van der Waals surface area contributed by atoms with Crippen LogP contribution in [0.1, 0.15) is 11.7 Å². The topological polar surface area (TPSA) is 37.0 Å². The highest BCUT2D eigenvalue weighted by Gasteiger charge is 2.20. The van der Waals surface area contributed by atoms with Gasteiger partial charge in [-0.25, -0.2) is 0 Å². The average Bonchev–Trinajstić information content (AvgIpc) is 2.83. The van der Waals surface area contributed by atoms with Gasteiger partial charge in [0.15, 0.2) is 0 Å². The van der Waals surface area contributed by atoms with Crippen molar-refractivity contribution in [3.63, 3.8) is 0 Å². The third kappa shape index (κ3) is 1.58. The SMILES string of the molecule is Brc1ccc2[nH]cc(C3CNCO3)c2c1. The molecule has 15 heavy (non-hydrogen) atoms. The van der Waals surface area contributed by atoms with Gasteiger partial charge < -0.3 is 9.72 Å². The van der Waals surface area contributed by atoms with Gasteiger partial charge in [0.05, 0.1) is 12.8 Å². The van der Waals surface area contributed by atoms with Crippen LogP contribution in [-0.4, -0.2) is 18.3 Å². The quantitative estimate of drug-likeness (QED) is 0.833. The third-order valence-corrected chi connectivity index (χ3v) is 3.23. The van der Waals surface area contributed by atoms with Gasteiger partial charge in [-0.2, -0.15) is 0 Å². The Bertz CT molecular complexity index is 488. The molecule has 2 aromatic rings. The molecule has 2 heterocycles. The van der Waals surface area contributed by atoms with Crippen molar-refractivity contribution in [2.24, 2.45) is 0 Å². The lowest BCUT2D eigenvalue weighted by Gasteiger charge is -2.06. The molecule has 0 saturated carbocycles. The van der Waals surface area contributed by atoms with Gasteiger partial charge in [-0.05, 0) is 18.2 Å². The second-order valence-electron chi connectivity index (χ2n) is 3.69. The van der Waals surface area contributed by atoms with Crippen molar-refractivity contribution in [1.82, 2.24) is 10.3 Å². The van der Waals surface area contributed by atoms with E-state index in [0.29, 0.717) is 6.73 Å². The summed E-state index contributed by atoms with van der Waals surface area (Å²) in [4.78, 5) is 3.26. The first kappa shape index (κ1) is 9.39. The summed E-state index contributed by atoms with van der Waals surface area (Å²) in [5.74, 6) is 0. The zero-order chi connectivity index (χ0) is 10.3. The van der Waals surface area contributed by atoms with Crippen molar-refractivity contribution in [3.05, 3.63) is 34.4 Å². The average molecular weight is 267 g/mol. The molecule has 0 radical (unpaired) electrons. The fraction of sp³-hybridized carbons (Fsp3) is 0.273. The minimum absolute atomic E-state index is 0.174. The molecule has 78 valence electrons. The van der Waals surface area contributed by atoms with Gasteiger partial charge in [-0.15, -0.1) is 0 Å². The Morgan fingerprint density at radius 3 is 3.13 bits per heavy atom. The van der Waals surface area contributed by atoms with E-state index >= 15 is 0 Å². The summed E-state index contributed by atoms with van der Waals surface area (Å²) in [6, 6.07) is 6.24. The number of halogens is 1. The number of H-pyrrole nitrogens is 1. The Balaban J connectivity index is 2.13. The zero-order valence-corrected chi connectivity index (χ0v) is 9.67. The summed E-state index contributed by atoms with van der Waals surface area (Å²) in [5.41, 5.74) is 2.39. The highest BCUT2D eigenvalue weighted by molar-refractivity contribution is 9.10. The molecule has 1 aromatic carbocycles. The molecule has 2 N–H and O–H groups in total. The Kier molecular flexibility index (Phi) is 2.27. The molecule has 1 aliphatic heterocycles. The van der Waals surface area contributed by atoms with Crippen LogP contribution in [0, 0.1) is 0 Å². The number of hydrogen-bond acceptors (Lipinski definition) is 2. The first-order valence-electron chi connectivity index (χ1n) is 4.93. The van der Waals surface area contributed by atoms with Crippen molar-refractivity contribution in [1.29, 1.82) is 0 Å². The Morgan fingerprint density at radius 1 is 1.40 bits per heavy atom. The van der Waals surface area contributed by atoms with Gasteiger partial charge in [0.2, 0.25) is 0 Å². The van der Waals surface area contributed by atoms with Crippen molar-refractivity contribution in [3.8, 4) is 0 Å². The minimum Gasteiger partial charge on any atom is -0.361 e. The van der Waals surface area contributed by atoms with Crippen LogP contribution in [0.15, 0.2) is 28.9 Å². The fourth-order valence-electron chi connectivity index (χ4n) is 1.99. The predicted octanol–water partition coefficient (Wildman–Crippen LogP) is 2.55. The van der Waals surface area contributed by atoms with E-state index in [4.69, 9.17) is 4.74 Å². The van der Waals surface area contributed by atoms with Crippen LogP contribution in [0.2, 0.25) is 0 Å². The van der Waals surface area contributed by atoms with E-state index in [1.165, 1.54) is 10.9 Å². The Labute approximate surface area is 95.9 Å². The smallest absolute Gasteiger partial charge is 0.0988 e. The normalized spacial score (nSPS) is 21.3. The number of aromatic amines is 1. The van der Waals surface area contributed by atoms with E-state index in [9.17, 15) is 0 Å². The maximum atomic E-state index is 5.60. The van der Waals surface area contributed by atoms with Crippen LogP contribution in [0.3, 0.4) is 0 Å².